The molecule has 0 spiro atoms. The molecule has 0 amide bonds. The van der Waals surface area contributed by atoms with Crippen LogP contribution in [0, 0.1) is 0 Å². The summed E-state index contributed by atoms with van der Waals surface area (Å²) >= 11 is 0. The fourth-order valence-electron chi connectivity index (χ4n) is 5.55. The zero-order valence-corrected chi connectivity index (χ0v) is 29.6. The van der Waals surface area contributed by atoms with Crippen molar-refractivity contribution in [2.75, 3.05) is 26.3 Å². The zero-order chi connectivity index (χ0) is 39.5. The van der Waals surface area contributed by atoms with Crippen LogP contribution in [-0.4, -0.2) is 60.5 Å². The van der Waals surface area contributed by atoms with Gasteiger partial charge in [-0.25, -0.2) is 9.59 Å². The number of hydrogen-bond donors (Lipinski definition) is 4. The maximum atomic E-state index is 13.0. The summed E-state index contributed by atoms with van der Waals surface area (Å²) in [5.74, 6) is -1.22. The molecular weight excluding hydrogens is 718 g/mol. The first kappa shape index (κ1) is 42.0. The molecule has 8 nitrogen and oxygen atoms in total. The molecule has 14 heteroatoms. The largest absolute Gasteiger partial charge is 0.458 e. The third-order valence-electron chi connectivity index (χ3n) is 8.53. The van der Waals surface area contributed by atoms with E-state index >= 15 is 0 Å². The van der Waals surface area contributed by atoms with Gasteiger partial charge in [-0.15, -0.1) is 0 Å². The summed E-state index contributed by atoms with van der Waals surface area (Å²) in [6.45, 7) is 3.48. The van der Waals surface area contributed by atoms with E-state index in [-0.39, 0.29) is 60.6 Å². The van der Waals surface area contributed by atoms with Gasteiger partial charge in [0.25, 0.3) is 0 Å². The Morgan fingerprint density at radius 2 is 0.944 bits per heavy atom. The van der Waals surface area contributed by atoms with E-state index in [1.807, 2.05) is 13.8 Å². The Morgan fingerprint density at radius 3 is 1.28 bits per heavy atom. The fourth-order valence-corrected chi connectivity index (χ4v) is 5.55. The van der Waals surface area contributed by atoms with Crippen LogP contribution < -0.4 is 10.6 Å². The Kier molecular flexibility index (Phi) is 14.8. The van der Waals surface area contributed by atoms with Crippen molar-refractivity contribution in [1.82, 2.24) is 10.6 Å². The van der Waals surface area contributed by atoms with E-state index in [4.69, 9.17) is 9.47 Å². The Balaban J connectivity index is 1.13. The van der Waals surface area contributed by atoms with Crippen LogP contribution in [0.3, 0.4) is 0 Å². The van der Waals surface area contributed by atoms with E-state index in [0.717, 1.165) is 35.4 Å². The van der Waals surface area contributed by atoms with Crippen LogP contribution in [-0.2, 0) is 34.7 Å². The van der Waals surface area contributed by atoms with Gasteiger partial charge in [0, 0.05) is 25.2 Å². The topological polar surface area (TPSA) is 117 Å². The number of hydrogen-bond acceptors (Lipinski definition) is 8. The van der Waals surface area contributed by atoms with E-state index in [9.17, 15) is 46.1 Å². The van der Waals surface area contributed by atoms with Crippen molar-refractivity contribution in [3.63, 3.8) is 0 Å². The van der Waals surface area contributed by atoms with Crippen molar-refractivity contribution < 1.29 is 55.6 Å². The summed E-state index contributed by atoms with van der Waals surface area (Å²) in [4.78, 5) is 25.0. The van der Waals surface area contributed by atoms with Gasteiger partial charge >= 0.3 is 24.3 Å². The molecule has 4 aromatic rings. The summed E-state index contributed by atoms with van der Waals surface area (Å²) < 4.78 is 88.4. The summed E-state index contributed by atoms with van der Waals surface area (Å²) in [6, 6.07) is 22.2. The van der Waals surface area contributed by atoms with Gasteiger partial charge in [0.15, 0.2) is 0 Å². The Morgan fingerprint density at radius 1 is 0.593 bits per heavy atom. The third kappa shape index (κ3) is 13.0. The molecule has 4 atom stereocenters. The molecule has 0 radical (unpaired) electrons. The van der Waals surface area contributed by atoms with Crippen LogP contribution in [0.5, 0.6) is 0 Å². The van der Waals surface area contributed by atoms with Crippen LogP contribution in [0.15, 0.2) is 97.1 Å². The first-order valence-electron chi connectivity index (χ1n) is 17.2. The molecule has 0 saturated carbocycles. The molecule has 54 heavy (non-hydrogen) atoms. The van der Waals surface area contributed by atoms with Crippen molar-refractivity contribution >= 4 is 11.9 Å². The molecule has 4 unspecified atom stereocenters. The van der Waals surface area contributed by atoms with Gasteiger partial charge in [0.1, 0.15) is 13.2 Å². The van der Waals surface area contributed by atoms with E-state index in [1.165, 1.54) is 24.3 Å². The lowest BCUT2D eigenvalue weighted by atomic mass is 10.0. The minimum Gasteiger partial charge on any atom is -0.458 e. The number of benzene rings is 4. The van der Waals surface area contributed by atoms with Crippen molar-refractivity contribution in [1.29, 1.82) is 0 Å². The summed E-state index contributed by atoms with van der Waals surface area (Å²) in [6.07, 6.45) is -10.2. The predicted molar refractivity (Wildman–Crippen MR) is 189 cm³/mol. The molecule has 0 heterocycles. The van der Waals surface area contributed by atoms with Crippen molar-refractivity contribution in [2.45, 2.75) is 63.3 Å². The second-order valence-corrected chi connectivity index (χ2v) is 13.0. The van der Waals surface area contributed by atoms with Gasteiger partial charge in [-0.1, -0.05) is 48.5 Å². The van der Waals surface area contributed by atoms with E-state index in [2.05, 4.69) is 10.6 Å². The third-order valence-corrected chi connectivity index (χ3v) is 8.53. The average molecular weight is 761 g/mol. The normalized spacial score (nSPS) is 14.2. The highest BCUT2D eigenvalue weighted by Gasteiger charge is 2.32. The molecule has 0 bridgehead atoms. The first-order chi connectivity index (χ1) is 25.5. The molecule has 0 aliphatic heterocycles. The second-order valence-electron chi connectivity index (χ2n) is 13.0. The minimum atomic E-state index is -4.50. The van der Waals surface area contributed by atoms with Gasteiger partial charge in [-0.2, -0.15) is 26.3 Å². The number of aliphatic hydroxyl groups excluding tert-OH is 2. The predicted octanol–water partition coefficient (Wildman–Crippen LogP) is 7.25. The standard InChI is InChI=1S/C40H42F6N2O6/c1-25(47-23-35(49)31-5-3-7-33(21-31)39(41,42)43)19-27-9-13-29(14-10-27)37(51)53-17-18-54-38(52)30-15-11-28(12-16-30)20-26(2)48-24-36(50)32-6-4-8-34(22-32)40(44,45)46/h3-16,21-22,25-26,35-36,47-50H,17-20,23-24H2,1-2H3. The van der Waals surface area contributed by atoms with E-state index in [0.29, 0.717) is 12.8 Å². The maximum absolute atomic E-state index is 13.0. The van der Waals surface area contributed by atoms with Crippen LogP contribution in [0.2, 0.25) is 0 Å². The van der Waals surface area contributed by atoms with Crippen LogP contribution >= 0.6 is 0 Å². The monoisotopic (exact) mass is 760 g/mol. The number of aliphatic hydroxyl groups is 2. The molecular formula is C40H42F6N2O6. The second kappa shape index (κ2) is 19.0. The lowest BCUT2D eigenvalue weighted by Crippen LogP contribution is -2.32. The number of alkyl halides is 6. The SMILES string of the molecule is CC(Cc1ccc(C(=O)OCCOC(=O)c2ccc(CC(C)NCC(O)c3cccc(C(F)(F)F)c3)cc2)cc1)NCC(O)c1cccc(C(F)(F)F)c1. The first-order valence-corrected chi connectivity index (χ1v) is 17.2. The minimum absolute atomic E-state index is 0.0475. The van der Waals surface area contributed by atoms with E-state index < -0.39 is 47.6 Å². The fraction of sp³-hybridized carbons (Fsp3) is 0.350. The number of nitrogens with one attached hydrogen (secondary N) is 2. The molecule has 0 fully saturated rings. The number of ether oxygens (including phenoxy) is 2. The molecule has 4 aromatic carbocycles. The lowest BCUT2D eigenvalue weighted by molar-refractivity contribution is -0.138. The molecule has 290 valence electrons. The van der Waals surface area contributed by atoms with Crippen molar-refractivity contribution in [3.8, 4) is 0 Å². The molecule has 0 aromatic heterocycles. The summed E-state index contributed by atoms with van der Waals surface area (Å²) in [5, 5.41) is 27.0. The highest BCUT2D eigenvalue weighted by Crippen LogP contribution is 2.32. The molecule has 4 rings (SSSR count). The van der Waals surface area contributed by atoms with Crippen LogP contribution in [0.25, 0.3) is 0 Å². The Bertz CT molecular complexity index is 1680. The molecule has 0 saturated heterocycles. The summed E-state index contributed by atoms with van der Waals surface area (Å²) in [5.41, 5.74) is 0.986. The number of halogens is 6. The van der Waals surface area contributed by atoms with Gasteiger partial charge in [-0.3, -0.25) is 0 Å². The van der Waals surface area contributed by atoms with Gasteiger partial charge in [0.05, 0.1) is 34.5 Å². The van der Waals surface area contributed by atoms with Crippen LogP contribution in [0.1, 0.15) is 80.2 Å². The van der Waals surface area contributed by atoms with Crippen molar-refractivity contribution in [2.24, 2.45) is 0 Å². The lowest BCUT2D eigenvalue weighted by Gasteiger charge is -2.18. The highest BCUT2D eigenvalue weighted by atomic mass is 19.4. The highest BCUT2D eigenvalue weighted by molar-refractivity contribution is 5.90. The molecule has 0 aliphatic rings. The quantitative estimate of drug-likeness (QED) is 0.0506. The van der Waals surface area contributed by atoms with Crippen molar-refractivity contribution in [3.05, 3.63) is 142 Å². The number of carbonyl (C=O) groups is 2. The van der Waals surface area contributed by atoms with Crippen LogP contribution in [0.4, 0.5) is 26.3 Å². The Hall–Kier alpha value is -4.76. The maximum Gasteiger partial charge on any atom is 0.416 e. The number of esters is 2. The van der Waals surface area contributed by atoms with Gasteiger partial charge in [-0.05, 0) is 97.5 Å². The smallest absolute Gasteiger partial charge is 0.416 e. The number of rotatable bonds is 17. The zero-order valence-electron chi connectivity index (χ0n) is 29.6. The van der Waals surface area contributed by atoms with Gasteiger partial charge in [0.2, 0.25) is 0 Å². The summed E-state index contributed by atoms with van der Waals surface area (Å²) in [7, 11) is 0. The average Bonchev–Trinajstić information content (AvgIpc) is 3.14. The number of carbonyl (C=O) groups excluding carboxylic acids is 2. The molecule has 0 aliphatic carbocycles. The van der Waals surface area contributed by atoms with Gasteiger partial charge < -0.3 is 30.3 Å². The van der Waals surface area contributed by atoms with E-state index in [1.54, 1.807) is 48.5 Å². The Labute approximate surface area is 309 Å². The molecule has 4 N–H and O–H groups in total.